The van der Waals surface area contributed by atoms with Crippen molar-refractivity contribution in [3.8, 4) is 0 Å². The summed E-state index contributed by atoms with van der Waals surface area (Å²) in [6, 6.07) is 0. The molecule has 3 fully saturated rings. The number of carbonyl (C=O) groups is 1. The van der Waals surface area contributed by atoms with E-state index in [1.54, 1.807) is 0 Å². The van der Waals surface area contributed by atoms with Gasteiger partial charge in [0.1, 0.15) is 0 Å². The van der Waals surface area contributed by atoms with Crippen LogP contribution in [0.1, 0.15) is 32.1 Å². The van der Waals surface area contributed by atoms with Crippen LogP contribution in [0.4, 0.5) is 0 Å². The average Bonchev–Trinajstić information content (AvgIpc) is 3.16. The van der Waals surface area contributed by atoms with Crippen LogP contribution in [-0.4, -0.2) is 50.7 Å². The van der Waals surface area contributed by atoms with Crippen LogP contribution in [0.25, 0.3) is 0 Å². The van der Waals surface area contributed by atoms with E-state index in [1.807, 2.05) is 0 Å². The van der Waals surface area contributed by atoms with E-state index >= 15 is 0 Å². The number of esters is 1. The molecular weight excluding hydrogens is 240 g/mol. The number of methoxy groups -OCH3 is 1. The number of hydrogen-bond donors (Lipinski definition) is 1. The van der Waals surface area contributed by atoms with Gasteiger partial charge in [0.2, 0.25) is 0 Å². The number of rotatable bonds is 3. The molecule has 2 unspecified atom stereocenters. The third-order valence-corrected chi connectivity index (χ3v) is 5.44. The van der Waals surface area contributed by atoms with Gasteiger partial charge in [-0.3, -0.25) is 4.79 Å². The molecule has 0 aromatic heterocycles. The van der Waals surface area contributed by atoms with Gasteiger partial charge in [-0.05, 0) is 69.6 Å². The third kappa shape index (κ3) is 2.79. The Labute approximate surface area is 115 Å². The highest BCUT2D eigenvalue weighted by Gasteiger charge is 2.59. The number of nitrogens with one attached hydrogen (secondary N) is 1. The zero-order valence-corrected chi connectivity index (χ0v) is 12.0. The minimum atomic E-state index is 0.0185. The molecule has 2 atom stereocenters. The molecule has 0 aromatic carbocycles. The molecule has 19 heavy (non-hydrogen) atoms. The summed E-state index contributed by atoms with van der Waals surface area (Å²) in [5.41, 5.74) is 0.314. The maximum Gasteiger partial charge on any atom is 0.309 e. The molecule has 2 aliphatic heterocycles. The molecule has 3 aliphatic rings. The van der Waals surface area contributed by atoms with E-state index in [2.05, 4.69) is 10.2 Å². The zero-order chi connectivity index (χ0) is 13.3. The van der Waals surface area contributed by atoms with E-state index in [0.717, 1.165) is 12.3 Å². The van der Waals surface area contributed by atoms with E-state index in [-0.39, 0.29) is 11.9 Å². The minimum absolute atomic E-state index is 0.0185. The Morgan fingerprint density at radius 2 is 2.21 bits per heavy atom. The van der Waals surface area contributed by atoms with Crippen molar-refractivity contribution in [2.24, 2.45) is 17.3 Å². The van der Waals surface area contributed by atoms with Gasteiger partial charge in [0.05, 0.1) is 13.0 Å². The molecule has 108 valence electrons. The molecule has 2 saturated heterocycles. The van der Waals surface area contributed by atoms with Crippen molar-refractivity contribution < 1.29 is 9.53 Å². The van der Waals surface area contributed by atoms with Crippen molar-refractivity contribution in [1.29, 1.82) is 0 Å². The second kappa shape index (κ2) is 5.41. The fourth-order valence-corrected chi connectivity index (χ4v) is 4.00. The molecule has 0 aromatic rings. The fraction of sp³-hybridized carbons (Fsp3) is 0.933. The molecule has 1 N–H and O–H groups in total. The standard InChI is InChI=1S/C15H26N2O2/c1-19-14(18)13-9-15(13)4-7-17(8-5-15)11-12-3-2-6-16-10-12/h12-13,16H,2-11H2,1H3. The van der Waals surface area contributed by atoms with Gasteiger partial charge in [0.15, 0.2) is 0 Å². The Balaban J connectivity index is 1.44. The highest BCUT2D eigenvalue weighted by molar-refractivity contribution is 5.76. The zero-order valence-electron chi connectivity index (χ0n) is 12.0. The Morgan fingerprint density at radius 3 is 2.84 bits per heavy atom. The molecule has 0 radical (unpaired) electrons. The largest absolute Gasteiger partial charge is 0.469 e. The van der Waals surface area contributed by atoms with Crippen LogP contribution >= 0.6 is 0 Å². The lowest BCUT2D eigenvalue weighted by Crippen LogP contribution is -2.42. The van der Waals surface area contributed by atoms with Gasteiger partial charge < -0.3 is 15.0 Å². The topological polar surface area (TPSA) is 41.6 Å². The molecule has 1 saturated carbocycles. The molecule has 0 bridgehead atoms. The Kier molecular flexibility index (Phi) is 3.81. The van der Waals surface area contributed by atoms with Crippen LogP contribution in [0.15, 0.2) is 0 Å². The van der Waals surface area contributed by atoms with E-state index in [4.69, 9.17) is 4.74 Å². The molecular formula is C15H26N2O2. The van der Waals surface area contributed by atoms with E-state index in [1.165, 1.54) is 65.5 Å². The van der Waals surface area contributed by atoms with Crippen LogP contribution in [0.2, 0.25) is 0 Å². The second-order valence-corrected chi connectivity index (χ2v) is 6.66. The maximum atomic E-state index is 11.6. The Bertz CT molecular complexity index is 331. The molecule has 0 amide bonds. The molecule has 1 spiro atoms. The van der Waals surface area contributed by atoms with Crippen molar-refractivity contribution in [3.05, 3.63) is 0 Å². The maximum absolute atomic E-state index is 11.6. The number of carbonyl (C=O) groups excluding carboxylic acids is 1. The van der Waals surface area contributed by atoms with Crippen LogP contribution in [0, 0.1) is 17.3 Å². The lowest BCUT2D eigenvalue weighted by molar-refractivity contribution is -0.143. The Morgan fingerprint density at radius 1 is 1.42 bits per heavy atom. The van der Waals surface area contributed by atoms with Gasteiger partial charge >= 0.3 is 5.97 Å². The summed E-state index contributed by atoms with van der Waals surface area (Å²) < 4.78 is 4.89. The second-order valence-electron chi connectivity index (χ2n) is 6.66. The van der Waals surface area contributed by atoms with Crippen LogP contribution in [0.3, 0.4) is 0 Å². The van der Waals surface area contributed by atoms with Gasteiger partial charge in [-0.25, -0.2) is 0 Å². The molecule has 4 nitrogen and oxygen atoms in total. The van der Waals surface area contributed by atoms with Crippen molar-refractivity contribution >= 4 is 5.97 Å². The summed E-state index contributed by atoms with van der Waals surface area (Å²) in [6.45, 7) is 5.97. The fourth-order valence-electron chi connectivity index (χ4n) is 4.00. The first-order valence-electron chi connectivity index (χ1n) is 7.74. The molecule has 2 heterocycles. The normalized spacial score (nSPS) is 34.2. The summed E-state index contributed by atoms with van der Waals surface area (Å²) in [5, 5.41) is 3.49. The van der Waals surface area contributed by atoms with E-state index in [9.17, 15) is 4.79 Å². The van der Waals surface area contributed by atoms with Crippen LogP contribution in [0.5, 0.6) is 0 Å². The van der Waals surface area contributed by atoms with Crippen LogP contribution in [-0.2, 0) is 9.53 Å². The Hall–Kier alpha value is -0.610. The first-order chi connectivity index (χ1) is 9.23. The number of hydrogen-bond acceptors (Lipinski definition) is 4. The monoisotopic (exact) mass is 266 g/mol. The minimum Gasteiger partial charge on any atom is -0.469 e. The summed E-state index contributed by atoms with van der Waals surface area (Å²) in [4.78, 5) is 14.2. The van der Waals surface area contributed by atoms with E-state index < -0.39 is 0 Å². The van der Waals surface area contributed by atoms with Gasteiger partial charge in [0.25, 0.3) is 0 Å². The molecule has 4 heteroatoms. The smallest absolute Gasteiger partial charge is 0.309 e. The van der Waals surface area contributed by atoms with Gasteiger partial charge in [-0.15, -0.1) is 0 Å². The summed E-state index contributed by atoms with van der Waals surface area (Å²) >= 11 is 0. The summed E-state index contributed by atoms with van der Waals surface area (Å²) in [6.07, 6.45) is 6.14. The van der Waals surface area contributed by atoms with Crippen molar-refractivity contribution in [3.63, 3.8) is 0 Å². The molecule has 1 aliphatic carbocycles. The van der Waals surface area contributed by atoms with E-state index in [0.29, 0.717) is 5.41 Å². The summed E-state index contributed by atoms with van der Waals surface area (Å²) in [5.74, 6) is 1.05. The quantitative estimate of drug-likeness (QED) is 0.781. The van der Waals surface area contributed by atoms with Gasteiger partial charge in [0, 0.05) is 6.54 Å². The van der Waals surface area contributed by atoms with Crippen molar-refractivity contribution in [2.45, 2.75) is 32.1 Å². The SMILES string of the molecule is COC(=O)C1CC12CCN(CC1CCCNC1)CC2. The number of ether oxygens (including phenoxy) is 1. The number of piperidine rings is 2. The first-order valence-corrected chi connectivity index (χ1v) is 7.74. The number of likely N-dealkylation sites (tertiary alicyclic amines) is 1. The average molecular weight is 266 g/mol. The van der Waals surface area contributed by atoms with Crippen molar-refractivity contribution in [2.75, 3.05) is 39.8 Å². The third-order valence-electron chi connectivity index (χ3n) is 5.44. The highest BCUT2D eigenvalue weighted by Crippen LogP contribution is 2.59. The lowest BCUT2D eigenvalue weighted by Gasteiger charge is -2.36. The van der Waals surface area contributed by atoms with Crippen LogP contribution < -0.4 is 5.32 Å². The van der Waals surface area contributed by atoms with Gasteiger partial charge in [-0.2, -0.15) is 0 Å². The first kappa shape index (κ1) is 13.4. The lowest BCUT2D eigenvalue weighted by atomic mass is 9.89. The molecule has 3 rings (SSSR count). The highest BCUT2D eigenvalue weighted by atomic mass is 16.5. The van der Waals surface area contributed by atoms with Crippen molar-refractivity contribution in [1.82, 2.24) is 10.2 Å². The predicted octanol–water partition coefficient (Wildman–Crippen LogP) is 1.26. The summed E-state index contributed by atoms with van der Waals surface area (Å²) in [7, 11) is 1.51. The number of nitrogens with zero attached hydrogens (tertiary/aromatic N) is 1. The predicted molar refractivity (Wildman–Crippen MR) is 73.8 cm³/mol. The van der Waals surface area contributed by atoms with Gasteiger partial charge in [-0.1, -0.05) is 0 Å².